The molecule has 0 unspecified atom stereocenters. The van der Waals surface area contributed by atoms with E-state index in [0.29, 0.717) is 10.6 Å². The number of hydrazone groups is 1. The summed E-state index contributed by atoms with van der Waals surface area (Å²) in [6.45, 7) is 1.97. The van der Waals surface area contributed by atoms with Crippen LogP contribution in [-0.2, 0) is 27.2 Å². The second-order valence-electron chi connectivity index (χ2n) is 7.36. The van der Waals surface area contributed by atoms with Crippen molar-refractivity contribution in [3.05, 3.63) is 64.0 Å². The minimum atomic E-state index is -0.914. The third kappa shape index (κ3) is 4.55. The Hall–Kier alpha value is -3.52. The van der Waals surface area contributed by atoms with Crippen LogP contribution in [0.5, 0.6) is 0 Å². The summed E-state index contributed by atoms with van der Waals surface area (Å²) < 4.78 is 5.18. The zero-order valence-corrected chi connectivity index (χ0v) is 18.5. The molecule has 0 atom stereocenters. The van der Waals surface area contributed by atoms with Crippen LogP contribution in [0, 0.1) is 0 Å². The molecule has 8 heteroatoms. The minimum Gasteiger partial charge on any atom is -0.462 e. The molecule has 0 spiro atoms. The molecule has 0 saturated heterocycles. The summed E-state index contributed by atoms with van der Waals surface area (Å²) >= 11 is 1.33. The number of esters is 1. The first-order valence-corrected chi connectivity index (χ1v) is 11.3. The van der Waals surface area contributed by atoms with Crippen molar-refractivity contribution < 1.29 is 19.1 Å². The molecule has 2 aromatic carbocycles. The lowest BCUT2D eigenvalue weighted by molar-refractivity contribution is -0.136. The number of aryl methyl sites for hydroxylation is 1. The van der Waals surface area contributed by atoms with Crippen LogP contribution in [0.15, 0.2) is 47.6 Å². The van der Waals surface area contributed by atoms with Gasteiger partial charge in [0.1, 0.15) is 5.00 Å². The number of amides is 2. The van der Waals surface area contributed by atoms with Crippen LogP contribution in [0.1, 0.15) is 46.1 Å². The van der Waals surface area contributed by atoms with E-state index in [9.17, 15) is 14.4 Å². The van der Waals surface area contributed by atoms with Crippen molar-refractivity contribution in [1.29, 1.82) is 0 Å². The summed E-state index contributed by atoms with van der Waals surface area (Å²) in [5.74, 6) is -2.27. The van der Waals surface area contributed by atoms with E-state index < -0.39 is 17.8 Å². The molecule has 0 saturated carbocycles. The molecule has 32 heavy (non-hydrogen) atoms. The number of hydrogen-bond acceptors (Lipinski definition) is 6. The van der Waals surface area contributed by atoms with E-state index in [1.165, 1.54) is 17.6 Å². The van der Waals surface area contributed by atoms with E-state index in [2.05, 4.69) is 15.8 Å². The van der Waals surface area contributed by atoms with Gasteiger partial charge in [-0.3, -0.25) is 9.59 Å². The number of thiophene rings is 1. The van der Waals surface area contributed by atoms with E-state index in [1.54, 1.807) is 6.92 Å². The average Bonchev–Trinajstić information content (AvgIpc) is 3.17. The van der Waals surface area contributed by atoms with Crippen molar-refractivity contribution in [3.8, 4) is 0 Å². The van der Waals surface area contributed by atoms with E-state index in [1.807, 2.05) is 42.5 Å². The SMILES string of the molecule is CCOC(=O)c1c(NC(=O)C(=O)NN=Cc2cccc3ccccc23)sc2c1CCCC2. The van der Waals surface area contributed by atoms with E-state index >= 15 is 0 Å². The predicted molar refractivity (Wildman–Crippen MR) is 125 cm³/mol. The Bertz CT molecular complexity index is 1210. The van der Waals surface area contributed by atoms with Crippen LogP contribution < -0.4 is 10.7 Å². The van der Waals surface area contributed by atoms with Crippen LogP contribution in [-0.4, -0.2) is 30.6 Å². The fourth-order valence-corrected chi connectivity index (χ4v) is 5.08. The highest BCUT2D eigenvalue weighted by Gasteiger charge is 2.28. The van der Waals surface area contributed by atoms with Crippen molar-refractivity contribution in [1.82, 2.24) is 5.43 Å². The summed E-state index contributed by atoms with van der Waals surface area (Å²) in [6.07, 6.45) is 5.13. The molecule has 164 valence electrons. The molecule has 1 aliphatic carbocycles. The molecule has 0 bridgehead atoms. The van der Waals surface area contributed by atoms with Gasteiger partial charge < -0.3 is 10.1 Å². The molecule has 3 aromatic rings. The maximum Gasteiger partial charge on any atom is 0.341 e. The molecule has 1 aliphatic rings. The lowest BCUT2D eigenvalue weighted by atomic mass is 9.95. The Morgan fingerprint density at radius 1 is 1.06 bits per heavy atom. The number of hydrogen-bond donors (Lipinski definition) is 2. The van der Waals surface area contributed by atoms with Crippen LogP contribution in [0.4, 0.5) is 5.00 Å². The van der Waals surface area contributed by atoms with Gasteiger partial charge in [0.2, 0.25) is 0 Å². The summed E-state index contributed by atoms with van der Waals surface area (Å²) in [4.78, 5) is 38.3. The zero-order valence-electron chi connectivity index (χ0n) is 17.6. The van der Waals surface area contributed by atoms with E-state index in [0.717, 1.165) is 52.5 Å². The number of benzene rings is 2. The Balaban J connectivity index is 1.47. The molecule has 7 nitrogen and oxygen atoms in total. The van der Waals surface area contributed by atoms with Crippen LogP contribution in [0.3, 0.4) is 0 Å². The number of nitrogens with one attached hydrogen (secondary N) is 2. The molecule has 4 rings (SSSR count). The molecular formula is C24H23N3O4S. The molecule has 1 heterocycles. The number of ether oxygens (including phenoxy) is 1. The highest BCUT2D eigenvalue weighted by Crippen LogP contribution is 2.38. The van der Waals surface area contributed by atoms with Crippen molar-refractivity contribution in [2.45, 2.75) is 32.6 Å². The third-order valence-corrected chi connectivity index (χ3v) is 6.48. The molecule has 0 radical (unpaired) electrons. The van der Waals surface area contributed by atoms with Crippen molar-refractivity contribution in [3.63, 3.8) is 0 Å². The maximum absolute atomic E-state index is 12.5. The summed E-state index contributed by atoms with van der Waals surface area (Å²) in [6, 6.07) is 13.6. The Labute approximate surface area is 189 Å². The Morgan fingerprint density at radius 2 is 1.84 bits per heavy atom. The molecular weight excluding hydrogens is 426 g/mol. The van der Waals surface area contributed by atoms with Gasteiger partial charge in [-0.1, -0.05) is 42.5 Å². The summed E-state index contributed by atoms with van der Waals surface area (Å²) in [5.41, 5.74) is 4.37. The van der Waals surface area contributed by atoms with Crippen LogP contribution in [0.2, 0.25) is 0 Å². The highest BCUT2D eigenvalue weighted by molar-refractivity contribution is 7.17. The number of fused-ring (bicyclic) bond motifs is 2. The number of carbonyl (C=O) groups is 3. The lowest BCUT2D eigenvalue weighted by Gasteiger charge is -2.12. The fraction of sp³-hybridized carbons (Fsp3) is 0.250. The van der Waals surface area contributed by atoms with Gasteiger partial charge in [0.25, 0.3) is 0 Å². The largest absolute Gasteiger partial charge is 0.462 e. The van der Waals surface area contributed by atoms with Crippen LogP contribution >= 0.6 is 11.3 Å². The molecule has 0 fully saturated rings. The average molecular weight is 450 g/mol. The van der Waals surface area contributed by atoms with Gasteiger partial charge in [0, 0.05) is 10.4 Å². The van der Waals surface area contributed by atoms with Crippen molar-refractivity contribution in [2.24, 2.45) is 5.10 Å². The van der Waals surface area contributed by atoms with Gasteiger partial charge in [-0.25, -0.2) is 10.2 Å². The number of carbonyl (C=O) groups excluding carboxylic acids is 3. The topological polar surface area (TPSA) is 96.9 Å². The zero-order chi connectivity index (χ0) is 22.5. The molecule has 1 aromatic heterocycles. The van der Waals surface area contributed by atoms with Crippen molar-refractivity contribution in [2.75, 3.05) is 11.9 Å². The maximum atomic E-state index is 12.5. The van der Waals surface area contributed by atoms with E-state index in [4.69, 9.17) is 4.74 Å². The van der Waals surface area contributed by atoms with E-state index in [-0.39, 0.29) is 6.61 Å². The van der Waals surface area contributed by atoms with Crippen molar-refractivity contribution >= 4 is 51.1 Å². The predicted octanol–water partition coefficient (Wildman–Crippen LogP) is 4.05. The van der Waals surface area contributed by atoms with Gasteiger partial charge in [-0.2, -0.15) is 5.10 Å². The second kappa shape index (κ2) is 9.74. The van der Waals surface area contributed by atoms with Gasteiger partial charge in [0.05, 0.1) is 18.4 Å². The highest BCUT2D eigenvalue weighted by atomic mass is 32.1. The standard InChI is InChI=1S/C24H23N3O4S/c1-2-31-24(30)20-18-12-5-6-13-19(18)32-23(20)26-21(28)22(29)27-25-14-16-10-7-9-15-8-3-4-11-17(15)16/h3-4,7-11,14H,2,5-6,12-13H2,1H3,(H,26,28)(H,27,29). The first-order valence-electron chi connectivity index (χ1n) is 10.5. The first-order chi connectivity index (χ1) is 15.6. The summed E-state index contributed by atoms with van der Waals surface area (Å²) in [7, 11) is 0. The number of rotatable bonds is 5. The fourth-order valence-electron chi connectivity index (χ4n) is 3.81. The lowest BCUT2D eigenvalue weighted by Crippen LogP contribution is -2.32. The van der Waals surface area contributed by atoms with Gasteiger partial charge in [0.15, 0.2) is 0 Å². The molecule has 0 aliphatic heterocycles. The smallest absolute Gasteiger partial charge is 0.341 e. The molecule has 2 N–H and O–H groups in total. The molecule has 2 amide bonds. The second-order valence-corrected chi connectivity index (χ2v) is 8.46. The summed E-state index contributed by atoms with van der Waals surface area (Å²) in [5, 5.41) is 8.90. The monoisotopic (exact) mass is 449 g/mol. The Kier molecular flexibility index (Phi) is 6.61. The minimum absolute atomic E-state index is 0.236. The van der Waals surface area contributed by atoms with Gasteiger partial charge in [-0.15, -0.1) is 11.3 Å². The van der Waals surface area contributed by atoms with Gasteiger partial charge in [-0.05, 0) is 48.9 Å². The number of nitrogens with zero attached hydrogens (tertiary/aromatic N) is 1. The number of anilines is 1. The quantitative estimate of drug-likeness (QED) is 0.266. The van der Waals surface area contributed by atoms with Crippen LogP contribution in [0.25, 0.3) is 10.8 Å². The Morgan fingerprint density at radius 3 is 2.69 bits per heavy atom. The first kappa shape index (κ1) is 21.7. The third-order valence-electron chi connectivity index (χ3n) is 5.28. The normalized spacial score (nSPS) is 13.0. The van der Waals surface area contributed by atoms with Gasteiger partial charge >= 0.3 is 17.8 Å².